The van der Waals surface area contributed by atoms with E-state index in [1.54, 1.807) is 31.2 Å². The average Bonchev–Trinajstić information content (AvgIpc) is 2.56. The molecule has 27 heavy (non-hydrogen) atoms. The van der Waals surface area contributed by atoms with Crippen LogP contribution in [0.15, 0.2) is 41.3 Å². The van der Waals surface area contributed by atoms with Crippen LogP contribution in [0.1, 0.15) is 12.5 Å². The van der Waals surface area contributed by atoms with Crippen molar-refractivity contribution in [3.63, 3.8) is 0 Å². The Bertz CT molecular complexity index is 998. The van der Waals surface area contributed by atoms with E-state index < -0.39 is 22.2 Å². The van der Waals surface area contributed by atoms with E-state index in [4.69, 9.17) is 33.7 Å². The molecule has 7 nitrogen and oxygen atoms in total. The number of rotatable bonds is 4. The molecule has 0 aromatic heterocycles. The van der Waals surface area contributed by atoms with Crippen LogP contribution in [0.2, 0.25) is 10.0 Å². The topological polar surface area (TPSA) is 102 Å². The highest BCUT2D eigenvalue weighted by Gasteiger charge is 2.44. The summed E-state index contributed by atoms with van der Waals surface area (Å²) in [4.78, 5) is 12.3. The molecule has 0 aliphatic carbocycles. The third-order valence-corrected chi connectivity index (χ3v) is 6.50. The fourth-order valence-corrected chi connectivity index (χ4v) is 5.31. The maximum Gasteiger partial charge on any atom is 0.345 e. The molecule has 0 saturated carbocycles. The molecule has 3 N–H and O–H groups in total. The van der Waals surface area contributed by atoms with E-state index in [1.807, 2.05) is 0 Å². The lowest BCUT2D eigenvalue weighted by Crippen LogP contribution is -2.53. The second-order valence-electron chi connectivity index (χ2n) is 5.86. The molecular weight excluding hydrogens is 413 g/mol. The van der Waals surface area contributed by atoms with Gasteiger partial charge in [0.1, 0.15) is 4.90 Å². The van der Waals surface area contributed by atoms with Crippen molar-refractivity contribution in [3.05, 3.63) is 52.0 Å². The van der Waals surface area contributed by atoms with E-state index in [2.05, 4.69) is 5.32 Å². The molecular formula is C17H17Cl2N3O4S. The lowest BCUT2D eigenvalue weighted by molar-refractivity contribution is -0.146. The number of fused-ring (bicyclic) bond motifs is 1. The smallest absolute Gasteiger partial charge is 0.345 e. The summed E-state index contributed by atoms with van der Waals surface area (Å²) in [5.41, 5.74) is 7.02. The van der Waals surface area contributed by atoms with E-state index in [1.165, 1.54) is 12.1 Å². The molecule has 1 heterocycles. The number of hydrogen-bond donors (Lipinski definition) is 2. The molecule has 144 valence electrons. The van der Waals surface area contributed by atoms with Gasteiger partial charge in [0, 0.05) is 17.3 Å². The number of carbonyl (C=O) groups is 1. The number of nitrogens with zero attached hydrogens (tertiary/aromatic N) is 1. The summed E-state index contributed by atoms with van der Waals surface area (Å²) in [5, 5.41) is 3.08. The number of esters is 1. The number of nitrogens with one attached hydrogen (secondary N) is 1. The van der Waals surface area contributed by atoms with Crippen molar-refractivity contribution in [2.24, 2.45) is 0 Å². The van der Waals surface area contributed by atoms with E-state index in [9.17, 15) is 13.2 Å². The minimum absolute atomic E-state index is 0.0371. The summed E-state index contributed by atoms with van der Waals surface area (Å²) in [6.07, 6.45) is -1.27. The first-order chi connectivity index (χ1) is 12.7. The molecule has 0 radical (unpaired) electrons. The normalized spacial score (nSPS) is 18.4. The zero-order chi connectivity index (χ0) is 19.8. The number of sulfonamides is 1. The van der Waals surface area contributed by atoms with Crippen LogP contribution in [0, 0.1) is 0 Å². The number of anilines is 2. The third-order valence-electron chi connectivity index (χ3n) is 3.95. The Morgan fingerprint density at radius 2 is 2.04 bits per heavy atom. The van der Waals surface area contributed by atoms with Crippen molar-refractivity contribution in [2.75, 3.05) is 17.7 Å². The summed E-state index contributed by atoms with van der Waals surface area (Å²) in [5.74, 6) is -0.730. The van der Waals surface area contributed by atoms with Crippen molar-refractivity contribution >= 4 is 50.6 Å². The average molecular weight is 430 g/mol. The SMILES string of the molecule is CCOC(=O)C1Nc2cc(Cl)cc(Cl)c2S(=O)(=O)N1Cc1cccc(N)c1. The zero-order valence-corrected chi connectivity index (χ0v) is 16.6. The Hall–Kier alpha value is -2.00. The van der Waals surface area contributed by atoms with E-state index >= 15 is 0 Å². The maximum atomic E-state index is 13.3. The molecule has 1 atom stereocenters. The second kappa shape index (κ2) is 7.55. The third kappa shape index (κ3) is 3.84. The van der Waals surface area contributed by atoms with E-state index in [0.29, 0.717) is 11.3 Å². The Labute approximate surface area is 167 Å². The van der Waals surface area contributed by atoms with Crippen LogP contribution in [0.3, 0.4) is 0 Å². The van der Waals surface area contributed by atoms with Gasteiger partial charge in [0.15, 0.2) is 6.17 Å². The number of nitrogens with two attached hydrogens (primary N) is 1. The minimum atomic E-state index is -4.12. The number of halogens is 2. The Balaban J connectivity index is 2.12. The summed E-state index contributed by atoms with van der Waals surface area (Å²) >= 11 is 12.1. The highest BCUT2D eigenvalue weighted by molar-refractivity contribution is 7.89. The first-order valence-electron chi connectivity index (χ1n) is 8.02. The van der Waals surface area contributed by atoms with Crippen LogP contribution in [0.5, 0.6) is 0 Å². The molecule has 0 spiro atoms. The monoisotopic (exact) mass is 429 g/mol. The van der Waals surface area contributed by atoms with Crippen molar-refractivity contribution < 1.29 is 17.9 Å². The van der Waals surface area contributed by atoms with Gasteiger partial charge in [-0.2, -0.15) is 4.31 Å². The fraction of sp³-hybridized carbons (Fsp3) is 0.235. The molecule has 0 amide bonds. The molecule has 2 aromatic rings. The van der Waals surface area contributed by atoms with E-state index in [-0.39, 0.29) is 33.8 Å². The van der Waals surface area contributed by atoms with Gasteiger partial charge in [-0.3, -0.25) is 0 Å². The van der Waals surface area contributed by atoms with Gasteiger partial charge in [0.2, 0.25) is 10.0 Å². The summed E-state index contributed by atoms with van der Waals surface area (Å²) < 4.78 is 32.6. The van der Waals surface area contributed by atoms with Crippen LogP contribution in [-0.4, -0.2) is 31.5 Å². The molecule has 2 aromatic carbocycles. The number of benzene rings is 2. The standard InChI is InChI=1S/C17H17Cl2N3O4S/c1-2-26-17(23)16-21-14-8-11(18)7-13(19)15(14)27(24,25)22(16)9-10-4-3-5-12(20)6-10/h3-8,16,21H,2,9,20H2,1H3. The predicted octanol–water partition coefficient (Wildman–Crippen LogP) is 3.08. The second-order valence-corrected chi connectivity index (χ2v) is 8.53. The molecule has 0 bridgehead atoms. The molecule has 3 rings (SSSR count). The number of carbonyl (C=O) groups excluding carboxylic acids is 1. The van der Waals surface area contributed by atoms with Gasteiger partial charge in [0.05, 0.1) is 17.3 Å². The quantitative estimate of drug-likeness (QED) is 0.571. The summed E-state index contributed by atoms with van der Waals surface area (Å²) in [6, 6.07) is 9.48. The van der Waals surface area contributed by atoms with Crippen molar-refractivity contribution in [3.8, 4) is 0 Å². The van der Waals surface area contributed by atoms with E-state index in [0.717, 1.165) is 4.31 Å². The van der Waals surface area contributed by atoms with Gasteiger partial charge in [-0.1, -0.05) is 35.3 Å². The molecule has 0 fully saturated rings. The fourth-order valence-electron chi connectivity index (χ4n) is 2.85. The summed E-state index contributed by atoms with van der Waals surface area (Å²) in [7, 11) is -4.12. The molecule has 0 saturated heterocycles. The highest BCUT2D eigenvalue weighted by atomic mass is 35.5. The molecule has 1 aliphatic heterocycles. The predicted molar refractivity (Wildman–Crippen MR) is 104 cm³/mol. The summed E-state index contributed by atoms with van der Waals surface area (Å²) in [6.45, 7) is 1.65. The first-order valence-corrected chi connectivity index (χ1v) is 10.2. The van der Waals surface area contributed by atoms with Crippen molar-refractivity contribution in [2.45, 2.75) is 24.5 Å². The van der Waals surface area contributed by atoms with Gasteiger partial charge in [-0.15, -0.1) is 0 Å². The van der Waals surface area contributed by atoms with Crippen LogP contribution in [-0.2, 0) is 26.1 Å². The Kier molecular flexibility index (Phi) is 5.53. The van der Waals surface area contributed by atoms with Crippen LogP contribution >= 0.6 is 23.2 Å². The highest BCUT2D eigenvalue weighted by Crippen LogP contribution is 2.40. The zero-order valence-electron chi connectivity index (χ0n) is 14.3. The van der Waals surface area contributed by atoms with Gasteiger partial charge >= 0.3 is 5.97 Å². The van der Waals surface area contributed by atoms with Gasteiger partial charge in [-0.05, 0) is 36.8 Å². The van der Waals surface area contributed by atoms with Gasteiger partial charge < -0.3 is 15.8 Å². The lowest BCUT2D eigenvalue weighted by atomic mass is 10.2. The number of nitrogen functional groups attached to an aromatic ring is 1. The molecule has 1 aliphatic rings. The maximum absolute atomic E-state index is 13.3. The van der Waals surface area contributed by atoms with Crippen LogP contribution in [0.25, 0.3) is 0 Å². The Morgan fingerprint density at radius 3 is 2.70 bits per heavy atom. The molecule has 10 heteroatoms. The first kappa shape index (κ1) is 19.8. The van der Waals surface area contributed by atoms with Gasteiger partial charge in [-0.25, -0.2) is 13.2 Å². The molecule has 1 unspecified atom stereocenters. The lowest BCUT2D eigenvalue weighted by Gasteiger charge is -2.36. The largest absolute Gasteiger partial charge is 0.463 e. The number of hydrogen-bond acceptors (Lipinski definition) is 6. The Morgan fingerprint density at radius 1 is 1.30 bits per heavy atom. The van der Waals surface area contributed by atoms with Crippen LogP contribution in [0.4, 0.5) is 11.4 Å². The minimum Gasteiger partial charge on any atom is -0.463 e. The van der Waals surface area contributed by atoms with Gasteiger partial charge in [0.25, 0.3) is 0 Å². The van der Waals surface area contributed by atoms with Crippen LogP contribution < -0.4 is 11.1 Å². The van der Waals surface area contributed by atoms with Crippen molar-refractivity contribution in [1.29, 1.82) is 0 Å². The van der Waals surface area contributed by atoms with Crippen molar-refractivity contribution in [1.82, 2.24) is 4.31 Å². The number of ether oxygens (including phenoxy) is 1.